The van der Waals surface area contributed by atoms with Crippen molar-refractivity contribution in [3.63, 3.8) is 0 Å². The smallest absolute Gasteiger partial charge is 0.305 e. The molecule has 5 heteroatoms. The first-order chi connectivity index (χ1) is 9.56. The number of carbonyl (C=O) groups excluding carboxylic acids is 1. The van der Waals surface area contributed by atoms with Crippen molar-refractivity contribution in [2.75, 3.05) is 13.7 Å². The molecule has 112 valence electrons. The fraction of sp³-hybridized carbons (Fsp3) is 0.533. The molecule has 0 spiro atoms. The molecule has 20 heavy (non-hydrogen) atoms. The highest BCUT2D eigenvalue weighted by Crippen LogP contribution is 2.26. The second-order valence-electron chi connectivity index (χ2n) is 4.67. The average molecular weight is 344 g/mol. The van der Waals surface area contributed by atoms with Gasteiger partial charge >= 0.3 is 5.97 Å². The van der Waals surface area contributed by atoms with E-state index in [4.69, 9.17) is 10.5 Å². The maximum Gasteiger partial charge on any atom is 0.305 e. The minimum absolute atomic E-state index is 0.189. The van der Waals surface area contributed by atoms with E-state index in [2.05, 4.69) is 27.6 Å². The highest BCUT2D eigenvalue weighted by molar-refractivity contribution is 9.10. The van der Waals surface area contributed by atoms with Gasteiger partial charge in [-0.25, -0.2) is 0 Å². The normalized spacial score (nSPS) is 12.0. The van der Waals surface area contributed by atoms with E-state index in [9.17, 15) is 4.79 Å². The van der Waals surface area contributed by atoms with Crippen LogP contribution < -0.4 is 10.5 Å². The quantitative estimate of drug-likeness (QED) is 0.582. The summed E-state index contributed by atoms with van der Waals surface area (Å²) in [4.78, 5) is 11.0. The fourth-order valence-electron chi connectivity index (χ4n) is 1.74. The lowest BCUT2D eigenvalue weighted by molar-refractivity contribution is -0.140. The molecule has 1 atom stereocenters. The summed E-state index contributed by atoms with van der Waals surface area (Å²) < 4.78 is 11.1. The Kier molecular flexibility index (Phi) is 7.62. The minimum Gasteiger partial charge on any atom is -0.492 e. The van der Waals surface area contributed by atoms with Gasteiger partial charge < -0.3 is 15.2 Å². The lowest BCUT2D eigenvalue weighted by Gasteiger charge is -2.12. The van der Waals surface area contributed by atoms with Gasteiger partial charge in [0.1, 0.15) is 5.75 Å². The number of hydrogen-bond donors (Lipinski definition) is 1. The van der Waals surface area contributed by atoms with Crippen molar-refractivity contribution >= 4 is 21.9 Å². The number of ether oxygens (including phenoxy) is 2. The summed E-state index contributed by atoms with van der Waals surface area (Å²) in [7, 11) is 1.39. The summed E-state index contributed by atoms with van der Waals surface area (Å²) in [5.41, 5.74) is 7.13. The Bertz CT molecular complexity index is 437. The van der Waals surface area contributed by atoms with Gasteiger partial charge in [0.25, 0.3) is 0 Å². The van der Waals surface area contributed by atoms with Crippen LogP contribution in [0.2, 0.25) is 0 Å². The fourth-order valence-corrected chi connectivity index (χ4v) is 2.28. The topological polar surface area (TPSA) is 61.5 Å². The van der Waals surface area contributed by atoms with Crippen LogP contribution >= 0.6 is 15.9 Å². The number of esters is 1. The second-order valence-corrected chi connectivity index (χ2v) is 5.52. The first-order valence-corrected chi connectivity index (χ1v) is 7.59. The summed E-state index contributed by atoms with van der Waals surface area (Å²) in [5, 5.41) is 0. The predicted octanol–water partition coefficient (Wildman–Crippen LogP) is 3.06. The Balaban J connectivity index is 2.45. The number of hydrogen-bond acceptors (Lipinski definition) is 4. The van der Waals surface area contributed by atoms with Gasteiger partial charge in [0.05, 0.1) is 18.2 Å². The molecule has 0 saturated heterocycles. The zero-order valence-corrected chi connectivity index (χ0v) is 13.6. The number of methoxy groups -OCH3 is 1. The molecule has 1 rings (SSSR count). The van der Waals surface area contributed by atoms with E-state index in [0.29, 0.717) is 19.4 Å². The van der Waals surface area contributed by atoms with E-state index in [0.717, 1.165) is 23.1 Å². The maximum atomic E-state index is 11.0. The van der Waals surface area contributed by atoms with E-state index in [1.54, 1.807) is 0 Å². The molecule has 1 unspecified atom stereocenters. The third kappa shape index (κ3) is 5.92. The van der Waals surface area contributed by atoms with Gasteiger partial charge in [0, 0.05) is 12.5 Å². The maximum absolute atomic E-state index is 11.0. The summed E-state index contributed by atoms with van der Waals surface area (Å²) in [6.07, 6.45) is 2.83. The number of nitrogens with two attached hydrogens (primary N) is 1. The lowest BCUT2D eigenvalue weighted by atomic mass is 10.0. The number of halogens is 1. The summed E-state index contributed by atoms with van der Waals surface area (Å²) in [5.74, 6) is 0.570. The van der Waals surface area contributed by atoms with E-state index >= 15 is 0 Å². The molecule has 0 radical (unpaired) electrons. The van der Waals surface area contributed by atoms with Crippen LogP contribution in [-0.4, -0.2) is 25.7 Å². The minimum atomic E-state index is -0.212. The van der Waals surface area contributed by atoms with E-state index in [1.165, 1.54) is 12.7 Å². The second kappa shape index (κ2) is 8.97. The number of rotatable bonds is 8. The molecule has 1 aromatic rings. The number of carbonyl (C=O) groups is 1. The molecule has 0 amide bonds. The average Bonchev–Trinajstić information content (AvgIpc) is 2.44. The summed E-state index contributed by atoms with van der Waals surface area (Å²) >= 11 is 3.50. The van der Waals surface area contributed by atoms with Crippen LogP contribution in [0.3, 0.4) is 0 Å². The molecule has 0 heterocycles. The molecule has 2 N–H and O–H groups in total. The van der Waals surface area contributed by atoms with Gasteiger partial charge in [0.2, 0.25) is 0 Å². The molecule has 1 aromatic carbocycles. The molecule has 4 nitrogen and oxygen atoms in total. The van der Waals surface area contributed by atoms with Crippen LogP contribution in [0.4, 0.5) is 0 Å². The largest absolute Gasteiger partial charge is 0.492 e. The van der Waals surface area contributed by atoms with Crippen molar-refractivity contribution in [2.24, 2.45) is 5.73 Å². The molecular formula is C15H22BrNO3. The third-order valence-corrected chi connectivity index (χ3v) is 3.65. The van der Waals surface area contributed by atoms with Gasteiger partial charge in [-0.2, -0.15) is 0 Å². The van der Waals surface area contributed by atoms with E-state index in [1.807, 2.05) is 18.2 Å². The number of benzene rings is 1. The van der Waals surface area contributed by atoms with Gasteiger partial charge in [-0.3, -0.25) is 4.79 Å². The molecule has 0 aliphatic carbocycles. The van der Waals surface area contributed by atoms with Crippen molar-refractivity contribution in [3.8, 4) is 5.75 Å². The monoisotopic (exact) mass is 343 g/mol. The zero-order chi connectivity index (χ0) is 15.0. The van der Waals surface area contributed by atoms with Crippen LogP contribution in [0.15, 0.2) is 22.7 Å². The molecule has 0 fully saturated rings. The highest BCUT2D eigenvalue weighted by Gasteiger charge is 2.06. The van der Waals surface area contributed by atoms with Crippen LogP contribution in [0.25, 0.3) is 0 Å². The molecular weight excluding hydrogens is 322 g/mol. The Morgan fingerprint density at radius 3 is 2.80 bits per heavy atom. The van der Waals surface area contributed by atoms with Gasteiger partial charge in [-0.05, 0) is 52.9 Å². The Morgan fingerprint density at radius 2 is 2.20 bits per heavy atom. The van der Waals surface area contributed by atoms with Crippen LogP contribution in [0.1, 0.15) is 31.7 Å². The Hall–Kier alpha value is -1.07. The van der Waals surface area contributed by atoms with Crippen LogP contribution in [0, 0.1) is 0 Å². The first kappa shape index (κ1) is 17.0. The van der Waals surface area contributed by atoms with Crippen LogP contribution in [-0.2, 0) is 16.0 Å². The van der Waals surface area contributed by atoms with E-state index in [-0.39, 0.29) is 12.0 Å². The van der Waals surface area contributed by atoms with Crippen molar-refractivity contribution in [1.29, 1.82) is 0 Å². The SMILES string of the molecule is CCC(N)Cc1ccc(OCCCC(=O)OC)c(Br)c1. The third-order valence-electron chi connectivity index (χ3n) is 3.03. The molecule has 0 aromatic heterocycles. The van der Waals surface area contributed by atoms with Crippen molar-refractivity contribution in [2.45, 2.75) is 38.6 Å². The molecule has 0 aliphatic rings. The highest BCUT2D eigenvalue weighted by atomic mass is 79.9. The van der Waals surface area contributed by atoms with Gasteiger partial charge in [0.15, 0.2) is 0 Å². The van der Waals surface area contributed by atoms with Crippen LogP contribution in [0.5, 0.6) is 5.75 Å². The Morgan fingerprint density at radius 1 is 1.45 bits per heavy atom. The van der Waals surface area contributed by atoms with Crippen molar-refractivity contribution < 1.29 is 14.3 Å². The van der Waals surface area contributed by atoms with Gasteiger partial charge in [-0.1, -0.05) is 13.0 Å². The molecule has 0 saturated carbocycles. The lowest BCUT2D eigenvalue weighted by Crippen LogP contribution is -2.21. The summed E-state index contributed by atoms with van der Waals surface area (Å²) in [6, 6.07) is 6.18. The standard InChI is InChI=1S/C15H22BrNO3/c1-3-12(17)9-11-6-7-14(13(16)10-11)20-8-4-5-15(18)19-2/h6-7,10,12H,3-5,8-9,17H2,1-2H3. The molecule has 0 bridgehead atoms. The zero-order valence-electron chi connectivity index (χ0n) is 12.0. The van der Waals surface area contributed by atoms with E-state index < -0.39 is 0 Å². The first-order valence-electron chi connectivity index (χ1n) is 6.80. The van der Waals surface area contributed by atoms with Gasteiger partial charge in [-0.15, -0.1) is 0 Å². The van der Waals surface area contributed by atoms with Crippen molar-refractivity contribution in [3.05, 3.63) is 28.2 Å². The molecule has 0 aliphatic heterocycles. The van der Waals surface area contributed by atoms with Crippen molar-refractivity contribution in [1.82, 2.24) is 0 Å². The predicted molar refractivity (Wildman–Crippen MR) is 82.9 cm³/mol. The summed E-state index contributed by atoms with van der Waals surface area (Å²) in [6.45, 7) is 2.57. The Labute approximate surface area is 128 Å².